The van der Waals surface area contributed by atoms with Gasteiger partial charge in [0, 0.05) is 18.9 Å². The number of hydrogen-bond donors (Lipinski definition) is 2. The maximum Gasteiger partial charge on any atom is 0.224 e. The second-order valence-corrected chi connectivity index (χ2v) is 7.92. The standard InChI is InChI=1S/C21H27N3O3/c25-20-10-17(12-24-7-6-22-14-24)9-19(20)23-21(26)11-16-2-1-3-18(8-16)27-13-15-4-5-15/h1-3,6-8,14-15,17,19-20,25H,4-5,9-13H2,(H,23,26)/t17?,19-,20-/m1/s1. The quantitative estimate of drug-likeness (QED) is 0.748. The Hall–Kier alpha value is -2.34. The summed E-state index contributed by atoms with van der Waals surface area (Å²) in [5, 5.41) is 13.3. The van der Waals surface area contributed by atoms with Gasteiger partial charge in [-0.25, -0.2) is 4.98 Å². The van der Waals surface area contributed by atoms with Crippen LogP contribution in [0.2, 0.25) is 0 Å². The number of amides is 1. The second kappa shape index (κ2) is 8.13. The van der Waals surface area contributed by atoms with Crippen LogP contribution in [0.5, 0.6) is 5.75 Å². The third kappa shape index (κ3) is 5.10. The fourth-order valence-electron chi connectivity index (χ4n) is 3.80. The van der Waals surface area contributed by atoms with Gasteiger partial charge in [0.1, 0.15) is 5.75 Å². The van der Waals surface area contributed by atoms with Gasteiger partial charge in [0.2, 0.25) is 5.91 Å². The Bertz CT molecular complexity index is 758. The lowest BCUT2D eigenvalue weighted by Gasteiger charge is -2.16. The lowest BCUT2D eigenvalue weighted by atomic mass is 10.1. The largest absolute Gasteiger partial charge is 0.493 e. The zero-order chi connectivity index (χ0) is 18.6. The van der Waals surface area contributed by atoms with Gasteiger partial charge in [0.05, 0.1) is 31.5 Å². The molecule has 0 bridgehead atoms. The summed E-state index contributed by atoms with van der Waals surface area (Å²) in [5.74, 6) is 1.82. The van der Waals surface area contributed by atoms with E-state index in [1.165, 1.54) is 12.8 Å². The average Bonchev–Trinajstić information content (AvgIpc) is 3.23. The van der Waals surface area contributed by atoms with Crippen molar-refractivity contribution in [3.8, 4) is 5.75 Å². The fraction of sp³-hybridized carbons (Fsp3) is 0.524. The number of nitrogens with one attached hydrogen (secondary N) is 1. The number of nitrogens with zero attached hydrogens (tertiary/aromatic N) is 2. The Balaban J connectivity index is 1.26. The highest BCUT2D eigenvalue weighted by Gasteiger charge is 2.34. The highest BCUT2D eigenvalue weighted by atomic mass is 16.5. The van der Waals surface area contributed by atoms with Crippen LogP contribution in [-0.4, -0.2) is 39.3 Å². The van der Waals surface area contributed by atoms with E-state index < -0.39 is 6.10 Å². The molecule has 2 aromatic rings. The van der Waals surface area contributed by atoms with Crippen LogP contribution in [0.15, 0.2) is 43.0 Å². The average molecular weight is 369 g/mol. The second-order valence-electron chi connectivity index (χ2n) is 7.92. The highest BCUT2D eigenvalue weighted by molar-refractivity contribution is 5.79. The Kier molecular flexibility index (Phi) is 5.43. The van der Waals surface area contributed by atoms with Crippen molar-refractivity contribution in [3.63, 3.8) is 0 Å². The van der Waals surface area contributed by atoms with Crippen molar-refractivity contribution in [2.75, 3.05) is 6.61 Å². The molecule has 1 unspecified atom stereocenters. The molecule has 2 aliphatic carbocycles. The number of benzene rings is 1. The number of imidazole rings is 1. The van der Waals surface area contributed by atoms with Crippen molar-refractivity contribution < 1.29 is 14.6 Å². The maximum atomic E-state index is 12.4. The van der Waals surface area contributed by atoms with Crippen molar-refractivity contribution in [2.24, 2.45) is 11.8 Å². The monoisotopic (exact) mass is 369 g/mol. The summed E-state index contributed by atoms with van der Waals surface area (Å²) in [4.78, 5) is 16.5. The number of aromatic nitrogens is 2. The van der Waals surface area contributed by atoms with E-state index in [0.717, 1.165) is 30.9 Å². The summed E-state index contributed by atoms with van der Waals surface area (Å²) in [6, 6.07) is 7.56. The number of carbonyl (C=O) groups excluding carboxylic acids is 1. The SMILES string of the molecule is O=C(Cc1cccc(OCC2CC2)c1)N[C@@H]1CC(Cn2ccnc2)C[C@H]1O. The van der Waals surface area contributed by atoms with Gasteiger partial charge in [-0.3, -0.25) is 4.79 Å². The summed E-state index contributed by atoms with van der Waals surface area (Å²) in [7, 11) is 0. The minimum absolute atomic E-state index is 0.0540. The van der Waals surface area contributed by atoms with Crippen LogP contribution in [-0.2, 0) is 17.8 Å². The molecular weight excluding hydrogens is 342 g/mol. The molecule has 0 saturated heterocycles. The third-order valence-electron chi connectivity index (χ3n) is 5.45. The van der Waals surface area contributed by atoms with Crippen LogP contribution >= 0.6 is 0 Å². The van der Waals surface area contributed by atoms with Gasteiger partial charge in [-0.1, -0.05) is 12.1 Å². The number of hydrogen-bond acceptors (Lipinski definition) is 4. The van der Waals surface area contributed by atoms with Gasteiger partial charge in [-0.05, 0) is 55.2 Å². The van der Waals surface area contributed by atoms with Crippen LogP contribution in [0.3, 0.4) is 0 Å². The molecule has 2 saturated carbocycles. The lowest BCUT2D eigenvalue weighted by Crippen LogP contribution is -2.40. The molecule has 2 aliphatic rings. The number of ether oxygens (including phenoxy) is 1. The molecule has 1 aromatic carbocycles. The number of aliphatic hydroxyl groups is 1. The van der Waals surface area contributed by atoms with Crippen molar-refractivity contribution in [2.45, 2.75) is 50.8 Å². The number of rotatable bonds is 8. The van der Waals surface area contributed by atoms with E-state index >= 15 is 0 Å². The number of carbonyl (C=O) groups is 1. The Morgan fingerprint density at radius 3 is 2.96 bits per heavy atom. The van der Waals surface area contributed by atoms with E-state index in [4.69, 9.17) is 4.74 Å². The normalized spacial score (nSPS) is 24.7. The molecule has 27 heavy (non-hydrogen) atoms. The van der Waals surface area contributed by atoms with Crippen LogP contribution in [0.25, 0.3) is 0 Å². The molecule has 0 spiro atoms. The molecule has 1 aromatic heterocycles. The predicted molar refractivity (Wildman–Crippen MR) is 101 cm³/mol. The van der Waals surface area contributed by atoms with Crippen molar-refractivity contribution in [1.82, 2.24) is 14.9 Å². The third-order valence-corrected chi connectivity index (χ3v) is 5.45. The molecule has 6 nitrogen and oxygen atoms in total. The molecule has 4 rings (SSSR count). The fourth-order valence-corrected chi connectivity index (χ4v) is 3.80. The molecule has 2 N–H and O–H groups in total. The first kappa shape index (κ1) is 18.0. The van der Waals surface area contributed by atoms with E-state index in [9.17, 15) is 9.90 Å². The van der Waals surface area contributed by atoms with Crippen molar-refractivity contribution in [1.29, 1.82) is 0 Å². The topological polar surface area (TPSA) is 76.4 Å². The van der Waals surface area contributed by atoms with E-state index in [1.54, 1.807) is 12.5 Å². The predicted octanol–water partition coefficient (Wildman–Crippen LogP) is 2.17. The van der Waals surface area contributed by atoms with Gasteiger partial charge in [0.25, 0.3) is 0 Å². The smallest absolute Gasteiger partial charge is 0.224 e. The van der Waals surface area contributed by atoms with E-state index in [0.29, 0.717) is 24.7 Å². The van der Waals surface area contributed by atoms with Crippen molar-refractivity contribution in [3.05, 3.63) is 48.5 Å². The first-order valence-corrected chi connectivity index (χ1v) is 9.80. The molecule has 0 aliphatic heterocycles. The zero-order valence-corrected chi connectivity index (χ0v) is 15.5. The minimum atomic E-state index is -0.490. The van der Waals surface area contributed by atoms with Crippen LogP contribution < -0.4 is 10.1 Å². The Morgan fingerprint density at radius 2 is 2.19 bits per heavy atom. The summed E-state index contributed by atoms with van der Waals surface area (Å²) in [5.41, 5.74) is 0.934. The molecule has 144 valence electrons. The molecule has 0 radical (unpaired) electrons. The van der Waals surface area contributed by atoms with E-state index in [2.05, 4.69) is 10.3 Å². The number of aliphatic hydroxyl groups excluding tert-OH is 1. The summed E-state index contributed by atoms with van der Waals surface area (Å²) < 4.78 is 7.81. The summed E-state index contributed by atoms with van der Waals surface area (Å²) >= 11 is 0. The van der Waals surface area contributed by atoms with Gasteiger partial charge in [0.15, 0.2) is 0 Å². The van der Waals surface area contributed by atoms with Crippen LogP contribution in [0.1, 0.15) is 31.2 Å². The first-order valence-electron chi connectivity index (χ1n) is 9.80. The van der Waals surface area contributed by atoms with Gasteiger partial charge < -0.3 is 19.7 Å². The molecule has 3 atom stereocenters. The Morgan fingerprint density at radius 1 is 1.30 bits per heavy atom. The van der Waals surface area contributed by atoms with Crippen LogP contribution in [0, 0.1) is 11.8 Å². The highest BCUT2D eigenvalue weighted by Crippen LogP contribution is 2.30. The molecule has 6 heteroatoms. The zero-order valence-electron chi connectivity index (χ0n) is 15.5. The van der Waals surface area contributed by atoms with Gasteiger partial charge in [-0.2, -0.15) is 0 Å². The van der Waals surface area contributed by atoms with E-state index in [-0.39, 0.29) is 11.9 Å². The van der Waals surface area contributed by atoms with Crippen molar-refractivity contribution >= 4 is 5.91 Å². The van der Waals surface area contributed by atoms with Crippen LogP contribution in [0.4, 0.5) is 0 Å². The van der Waals surface area contributed by atoms with Gasteiger partial charge in [-0.15, -0.1) is 0 Å². The molecule has 2 fully saturated rings. The molecule has 1 amide bonds. The molecular formula is C21H27N3O3. The van der Waals surface area contributed by atoms with Gasteiger partial charge >= 0.3 is 0 Å². The first-order chi connectivity index (χ1) is 13.2. The minimum Gasteiger partial charge on any atom is -0.493 e. The van der Waals surface area contributed by atoms with E-state index in [1.807, 2.05) is 35.0 Å². The Labute approximate surface area is 159 Å². The maximum absolute atomic E-state index is 12.4. The summed E-state index contributed by atoms with van der Waals surface area (Å²) in [6.45, 7) is 1.59. The summed E-state index contributed by atoms with van der Waals surface area (Å²) in [6.07, 6.45) is 9.29. The lowest BCUT2D eigenvalue weighted by molar-refractivity contribution is -0.121. The molecule has 1 heterocycles.